The van der Waals surface area contributed by atoms with E-state index in [0.29, 0.717) is 5.69 Å². The molecular weight excluding hydrogens is 388 g/mol. The zero-order valence-electron chi connectivity index (χ0n) is 15.5. The molecule has 1 rings (SSSR count). The van der Waals surface area contributed by atoms with Crippen LogP contribution in [0, 0.1) is 0 Å². The molecule has 0 aliphatic carbocycles. The van der Waals surface area contributed by atoms with Crippen LogP contribution in [0.5, 0.6) is 0 Å². The Balaban J connectivity index is 2.79. The van der Waals surface area contributed by atoms with E-state index in [9.17, 15) is 29.1 Å². The molecule has 0 saturated carbocycles. The first-order chi connectivity index (χ1) is 13.6. The molecule has 29 heavy (non-hydrogen) atoms. The molecule has 0 saturated heterocycles. The molecule has 0 bridgehead atoms. The molecule has 0 radical (unpaired) electrons. The first-order valence-corrected chi connectivity index (χ1v) is 8.66. The summed E-state index contributed by atoms with van der Waals surface area (Å²) in [6.07, 6.45) is 1.70. The summed E-state index contributed by atoms with van der Waals surface area (Å²) in [5.41, 5.74) is 11.3. The summed E-state index contributed by atoms with van der Waals surface area (Å²) in [4.78, 5) is 64.2. The van der Waals surface area contributed by atoms with Crippen LogP contribution < -0.4 is 22.1 Å². The third-order valence-electron chi connectivity index (χ3n) is 3.91. The predicted molar refractivity (Wildman–Crippen MR) is 97.1 cm³/mol. The number of carbonyl (C=O) groups excluding carboxylic acids is 3. The number of nitrogens with two attached hydrogens (primary N) is 2. The van der Waals surface area contributed by atoms with Crippen molar-refractivity contribution >= 4 is 29.7 Å². The van der Waals surface area contributed by atoms with Gasteiger partial charge in [-0.1, -0.05) is 0 Å². The minimum Gasteiger partial charge on any atom is -0.481 e. The quantitative estimate of drug-likeness (QED) is 0.181. The maximum atomic E-state index is 12.4. The van der Waals surface area contributed by atoms with Gasteiger partial charge in [0.05, 0.1) is 12.4 Å². The standard InChI is InChI=1S/C16H24N6O7/c17-9(5-8-6-19-7-20-8)14(26)21-10(2-4-13(24)25)15(27)22-11(16(28)29)1-3-12(18)23/h6-7,9-11H,1-5,17H2,(H2,18,23)(H,19,20)(H,21,26)(H,22,27)(H,24,25)(H,28,29). The molecule has 3 atom stereocenters. The molecule has 9 N–H and O–H groups in total. The van der Waals surface area contributed by atoms with Crippen molar-refractivity contribution in [3.8, 4) is 0 Å². The lowest BCUT2D eigenvalue weighted by atomic mass is 10.1. The van der Waals surface area contributed by atoms with Gasteiger partial charge in [-0.15, -0.1) is 0 Å². The van der Waals surface area contributed by atoms with E-state index < -0.39 is 54.2 Å². The Labute approximate surface area is 165 Å². The number of hydrogen-bond donors (Lipinski definition) is 7. The maximum absolute atomic E-state index is 12.4. The lowest BCUT2D eigenvalue weighted by Crippen LogP contribution is -2.55. The Morgan fingerprint density at radius 2 is 1.66 bits per heavy atom. The molecule has 1 heterocycles. The minimum atomic E-state index is -1.43. The average Bonchev–Trinajstić information content (AvgIpc) is 3.13. The number of amides is 3. The number of carbonyl (C=O) groups is 5. The van der Waals surface area contributed by atoms with Gasteiger partial charge in [-0.2, -0.15) is 0 Å². The molecule has 0 aliphatic rings. The van der Waals surface area contributed by atoms with Crippen molar-refractivity contribution < 1.29 is 34.2 Å². The van der Waals surface area contributed by atoms with Crippen LogP contribution in [0.3, 0.4) is 0 Å². The number of rotatable bonds is 13. The van der Waals surface area contributed by atoms with Crippen LogP contribution in [0.25, 0.3) is 0 Å². The van der Waals surface area contributed by atoms with E-state index >= 15 is 0 Å². The van der Waals surface area contributed by atoms with E-state index in [4.69, 9.17) is 16.6 Å². The SMILES string of the molecule is NC(=O)CCC(NC(=O)C(CCC(=O)O)NC(=O)C(N)Cc1cnc[nH]1)C(=O)O. The van der Waals surface area contributed by atoms with Gasteiger partial charge in [-0.05, 0) is 12.8 Å². The number of imidazole rings is 1. The van der Waals surface area contributed by atoms with Crippen LogP contribution in [0.15, 0.2) is 12.5 Å². The van der Waals surface area contributed by atoms with E-state index in [1.54, 1.807) is 0 Å². The fourth-order valence-electron chi connectivity index (χ4n) is 2.36. The van der Waals surface area contributed by atoms with Crippen LogP contribution in [-0.2, 0) is 30.4 Å². The van der Waals surface area contributed by atoms with Gasteiger partial charge in [0.25, 0.3) is 0 Å². The van der Waals surface area contributed by atoms with Gasteiger partial charge in [0.2, 0.25) is 17.7 Å². The van der Waals surface area contributed by atoms with E-state index in [1.165, 1.54) is 12.5 Å². The number of primary amides is 1. The second-order valence-corrected chi connectivity index (χ2v) is 6.29. The molecule has 0 spiro atoms. The number of nitrogens with one attached hydrogen (secondary N) is 3. The Bertz CT molecular complexity index is 736. The zero-order chi connectivity index (χ0) is 22.0. The molecule has 3 amide bonds. The Kier molecular flexibility index (Phi) is 9.25. The van der Waals surface area contributed by atoms with Gasteiger partial charge in [0.1, 0.15) is 12.1 Å². The number of aromatic amines is 1. The highest BCUT2D eigenvalue weighted by Crippen LogP contribution is 2.04. The Morgan fingerprint density at radius 3 is 2.17 bits per heavy atom. The van der Waals surface area contributed by atoms with Gasteiger partial charge in [0, 0.05) is 31.2 Å². The van der Waals surface area contributed by atoms with E-state index in [2.05, 4.69) is 20.6 Å². The number of carboxylic acids is 2. The largest absolute Gasteiger partial charge is 0.481 e. The molecule has 1 aromatic heterocycles. The smallest absolute Gasteiger partial charge is 0.326 e. The number of aliphatic carboxylic acids is 2. The number of aromatic nitrogens is 2. The van der Waals surface area contributed by atoms with Crippen molar-refractivity contribution in [3.63, 3.8) is 0 Å². The van der Waals surface area contributed by atoms with E-state index in [-0.39, 0.29) is 25.7 Å². The molecule has 1 aromatic rings. The summed E-state index contributed by atoms with van der Waals surface area (Å²) in [7, 11) is 0. The molecule has 13 nitrogen and oxygen atoms in total. The minimum absolute atomic E-state index is 0.0927. The second kappa shape index (κ2) is 11.4. The number of nitrogens with zero attached hydrogens (tertiary/aromatic N) is 1. The third-order valence-corrected chi connectivity index (χ3v) is 3.91. The highest BCUT2D eigenvalue weighted by molar-refractivity contribution is 5.92. The van der Waals surface area contributed by atoms with Crippen LogP contribution in [-0.4, -0.2) is 68.0 Å². The predicted octanol–water partition coefficient (Wildman–Crippen LogP) is -2.54. The third kappa shape index (κ3) is 8.83. The van der Waals surface area contributed by atoms with Crippen molar-refractivity contribution in [2.45, 2.75) is 50.2 Å². The molecule has 0 fully saturated rings. The molecule has 160 valence electrons. The molecule has 13 heteroatoms. The lowest BCUT2D eigenvalue weighted by Gasteiger charge is -2.22. The number of H-pyrrole nitrogens is 1. The fourth-order valence-corrected chi connectivity index (χ4v) is 2.36. The van der Waals surface area contributed by atoms with Gasteiger partial charge >= 0.3 is 11.9 Å². The maximum Gasteiger partial charge on any atom is 0.326 e. The van der Waals surface area contributed by atoms with E-state index in [1.807, 2.05) is 0 Å². The summed E-state index contributed by atoms with van der Waals surface area (Å²) in [6.45, 7) is 0. The number of hydrogen-bond acceptors (Lipinski definition) is 7. The second-order valence-electron chi connectivity index (χ2n) is 6.29. The van der Waals surface area contributed by atoms with Gasteiger partial charge in [-0.25, -0.2) is 9.78 Å². The number of carboxylic acid groups (broad SMARTS) is 2. The molecular formula is C16H24N6O7. The van der Waals surface area contributed by atoms with Crippen LogP contribution in [0.2, 0.25) is 0 Å². The molecule has 0 aromatic carbocycles. The van der Waals surface area contributed by atoms with Crippen LogP contribution in [0.4, 0.5) is 0 Å². The lowest BCUT2D eigenvalue weighted by molar-refractivity contribution is -0.143. The van der Waals surface area contributed by atoms with Crippen molar-refractivity contribution in [1.82, 2.24) is 20.6 Å². The Hall–Kier alpha value is -3.48. The van der Waals surface area contributed by atoms with Crippen molar-refractivity contribution in [2.24, 2.45) is 11.5 Å². The summed E-state index contributed by atoms with van der Waals surface area (Å²) in [6, 6.07) is -3.82. The first-order valence-electron chi connectivity index (χ1n) is 8.66. The normalized spacial score (nSPS) is 13.7. The topological polar surface area (TPSA) is 231 Å². The van der Waals surface area contributed by atoms with Crippen LogP contribution >= 0.6 is 0 Å². The molecule has 3 unspecified atom stereocenters. The fraction of sp³-hybridized carbons (Fsp3) is 0.500. The Morgan fingerprint density at radius 1 is 1.03 bits per heavy atom. The highest BCUT2D eigenvalue weighted by Gasteiger charge is 2.28. The first kappa shape index (κ1) is 23.6. The van der Waals surface area contributed by atoms with Gasteiger partial charge in [0.15, 0.2) is 0 Å². The van der Waals surface area contributed by atoms with Crippen molar-refractivity contribution in [3.05, 3.63) is 18.2 Å². The average molecular weight is 412 g/mol. The zero-order valence-corrected chi connectivity index (χ0v) is 15.5. The van der Waals surface area contributed by atoms with Crippen molar-refractivity contribution in [1.29, 1.82) is 0 Å². The van der Waals surface area contributed by atoms with Crippen molar-refractivity contribution in [2.75, 3.05) is 0 Å². The van der Waals surface area contributed by atoms with E-state index in [0.717, 1.165) is 0 Å². The summed E-state index contributed by atoms with van der Waals surface area (Å²) in [5, 5.41) is 22.5. The molecule has 0 aliphatic heterocycles. The monoisotopic (exact) mass is 412 g/mol. The summed E-state index contributed by atoms with van der Waals surface area (Å²) in [5.74, 6) is -4.99. The summed E-state index contributed by atoms with van der Waals surface area (Å²) < 4.78 is 0. The van der Waals surface area contributed by atoms with Gasteiger partial charge in [-0.3, -0.25) is 19.2 Å². The van der Waals surface area contributed by atoms with Gasteiger partial charge < -0.3 is 37.3 Å². The highest BCUT2D eigenvalue weighted by atomic mass is 16.4. The summed E-state index contributed by atoms with van der Waals surface area (Å²) >= 11 is 0. The van der Waals surface area contributed by atoms with Crippen LogP contribution in [0.1, 0.15) is 31.4 Å².